The predicted molar refractivity (Wildman–Crippen MR) is 94.0 cm³/mol. The standard InChI is InChI=1S/C13H7Br2ClINO/c14-7-1-3-11(17)9(5-7)13(19)18-12-4-2-8(15)6-10(12)16/h1-6H,(H,18,19). The van der Waals surface area contributed by atoms with Gasteiger partial charge in [0.25, 0.3) is 5.91 Å². The zero-order valence-electron chi connectivity index (χ0n) is 9.38. The molecule has 0 bridgehead atoms. The molecule has 2 aromatic rings. The first kappa shape index (κ1) is 15.3. The van der Waals surface area contributed by atoms with Crippen LogP contribution in [0.1, 0.15) is 10.4 Å². The fourth-order valence-electron chi connectivity index (χ4n) is 1.45. The Balaban J connectivity index is 2.28. The van der Waals surface area contributed by atoms with Gasteiger partial charge in [-0.05, 0) is 59.0 Å². The topological polar surface area (TPSA) is 29.1 Å². The molecule has 6 heteroatoms. The number of amides is 1. The Morgan fingerprint density at radius 1 is 1.11 bits per heavy atom. The molecular formula is C13H7Br2ClINO. The molecule has 19 heavy (non-hydrogen) atoms. The number of anilines is 1. The Morgan fingerprint density at radius 3 is 2.42 bits per heavy atom. The summed E-state index contributed by atoms with van der Waals surface area (Å²) < 4.78 is 2.61. The Kier molecular flexibility index (Phi) is 5.28. The van der Waals surface area contributed by atoms with Crippen LogP contribution >= 0.6 is 66.1 Å². The van der Waals surface area contributed by atoms with Crippen LogP contribution in [0.5, 0.6) is 0 Å². The van der Waals surface area contributed by atoms with Crippen molar-refractivity contribution >= 4 is 77.6 Å². The summed E-state index contributed by atoms with van der Waals surface area (Å²) >= 11 is 14.9. The van der Waals surface area contributed by atoms with E-state index in [-0.39, 0.29) is 5.91 Å². The molecule has 98 valence electrons. The highest BCUT2D eigenvalue weighted by molar-refractivity contribution is 14.1. The lowest BCUT2D eigenvalue weighted by Gasteiger charge is -2.09. The van der Waals surface area contributed by atoms with Crippen molar-refractivity contribution in [1.29, 1.82) is 0 Å². The van der Waals surface area contributed by atoms with Gasteiger partial charge in [-0.2, -0.15) is 0 Å². The highest BCUT2D eigenvalue weighted by Gasteiger charge is 2.12. The van der Waals surface area contributed by atoms with E-state index in [1.54, 1.807) is 18.2 Å². The van der Waals surface area contributed by atoms with E-state index in [1.165, 1.54) is 0 Å². The van der Waals surface area contributed by atoms with Crippen LogP contribution in [0.4, 0.5) is 5.69 Å². The van der Waals surface area contributed by atoms with E-state index in [0.29, 0.717) is 16.3 Å². The van der Waals surface area contributed by atoms with E-state index >= 15 is 0 Å². The van der Waals surface area contributed by atoms with Crippen molar-refractivity contribution in [2.75, 3.05) is 5.32 Å². The van der Waals surface area contributed by atoms with Crippen molar-refractivity contribution in [3.05, 3.63) is 59.5 Å². The van der Waals surface area contributed by atoms with Gasteiger partial charge in [0.05, 0.1) is 16.3 Å². The largest absolute Gasteiger partial charge is 0.321 e. The Morgan fingerprint density at radius 2 is 1.74 bits per heavy atom. The summed E-state index contributed by atoms with van der Waals surface area (Å²) in [6.07, 6.45) is 0. The lowest BCUT2D eigenvalue weighted by atomic mass is 10.2. The summed E-state index contributed by atoms with van der Waals surface area (Å²) in [6.45, 7) is 0. The van der Waals surface area contributed by atoms with Gasteiger partial charge in [-0.1, -0.05) is 43.5 Å². The van der Waals surface area contributed by atoms with Crippen LogP contribution in [0, 0.1) is 3.57 Å². The maximum atomic E-state index is 12.2. The molecule has 0 aliphatic carbocycles. The number of carbonyl (C=O) groups is 1. The van der Waals surface area contributed by atoms with E-state index in [4.69, 9.17) is 11.6 Å². The van der Waals surface area contributed by atoms with E-state index in [1.807, 2.05) is 18.2 Å². The molecule has 0 aliphatic rings. The van der Waals surface area contributed by atoms with Gasteiger partial charge in [0.15, 0.2) is 0 Å². The summed E-state index contributed by atoms with van der Waals surface area (Å²) in [5.41, 5.74) is 1.19. The van der Waals surface area contributed by atoms with Crippen LogP contribution in [-0.4, -0.2) is 5.91 Å². The molecule has 0 unspecified atom stereocenters. The molecule has 0 radical (unpaired) electrons. The second-order valence-electron chi connectivity index (χ2n) is 3.70. The Bertz CT molecular complexity index is 649. The van der Waals surface area contributed by atoms with Gasteiger partial charge in [-0.15, -0.1) is 0 Å². The molecular weight excluding hydrogens is 508 g/mol. The summed E-state index contributed by atoms with van der Waals surface area (Å²) in [4.78, 5) is 12.2. The van der Waals surface area contributed by atoms with Gasteiger partial charge in [0, 0.05) is 12.5 Å². The zero-order chi connectivity index (χ0) is 14.0. The predicted octanol–water partition coefficient (Wildman–Crippen LogP) is 5.72. The van der Waals surface area contributed by atoms with Gasteiger partial charge in [0.1, 0.15) is 0 Å². The van der Waals surface area contributed by atoms with Crippen molar-refractivity contribution < 1.29 is 4.79 Å². The first-order valence-corrected chi connectivity index (χ1v) is 8.23. The van der Waals surface area contributed by atoms with Gasteiger partial charge < -0.3 is 5.32 Å². The van der Waals surface area contributed by atoms with Crippen molar-refractivity contribution in [2.24, 2.45) is 0 Å². The molecule has 0 fully saturated rings. The normalized spacial score (nSPS) is 10.3. The molecule has 0 aliphatic heterocycles. The first-order valence-electron chi connectivity index (χ1n) is 5.19. The smallest absolute Gasteiger partial charge is 0.256 e. The maximum Gasteiger partial charge on any atom is 0.256 e. The van der Waals surface area contributed by atoms with Gasteiger partial charge in [-0.25, -0.2) is 0 Å². The molecule has 0 aromatic heterocycles. The average Bonchev–Trinajstić information content (AvgIpc) is 2.35. The summed E-state index contributed by atoms with van der Waals surface area (Å²) in [5.74, 6) is -0.185. The minimum atomic E-state index is -0.185. The molecule has 0 atom stereocenters. The number of hydrogen-bond acceptors (Lipinski definition) is 1. The number of carbonyl (C=O) groups excluding carboxylic acids is 1. The van der Waals surface area contributed by atoms with E-state index in [2.05, 4.69) is 59.8 Å². The van der Waals surface area contributed by atoms with E-state index in [9.17, 15) is 4.79 Å². The molecule has 0 spiro atoms. The number of nitrogens with one attached hydrogen (secondary N) is 1. The molecule has 2 nitrogen and oxygen atoms in total. The van der Waals surface area contributed by atoms with Crippen molar-refractivity contribution in [1.82, 2.24) is 0 Å². The highest BCUT2D eigenvalue weighted by atomic mass is 127. The van der Waals surface area contributed by atoms with Crippen molar-refractivity contribution in [3.8, 4) is 0 Å². The third-order valence-electron chi connectivity index (χ3n) is 2.35. The molecule has 1 amide bonds. The van der Waals surface area contributed by atoms with Crippen LogP contribution < -0.4 is 5.32 Å². The third-order valence-corrected chi connectivity index (χ3v) is 4.59. The second-order valence-corrected chi connectivity index (χ2v) is 7.10. The highest BCUT2D eigenvalue weighted by Crippen LogP contribution is 2.27. The van der Waals surface area contributed by atoms with Gasteiger partial charge >= 0.3 is 0 Å². The second kappa shape index (κ2) is 6.56. The van der Waals surface area contributed by atoms with E-state index < -0.39 is 0 Å². The number of benzene rings is 2. The summed E-state index contributed by atoms with van der Waals surface area (Å²) in [5, 5.41) is 3.30. The fraction of sp³-hybridized carbons (Fsp3) is 0. The van der Waals surface area contributed by atoms with Crippen LogP contribution in [0.3, 0.4) is 0 Å². The summed E-state index contributed by atoms with van der Waals surface area (Å²) in [6, 6.07) is 10.9. The Hall–Kier alpha value is -0.110. The summed E-state index contributed by atoms with van der Waals surface area (Å²) in [7, 11) is 0. The van der Waals surface area contributed by atoms with Gasteiger partial charge in [0.2, 0.25) is 0 Å². The molecule has 0 heterocycles. The van der Waals surface area contributed by atoms with E-state index in [0.717, 1.165) is 12.5 Å². The van der Waals surface area contributed by atoms with Crippen LogP contribution in [0.2, 0.25) is 5.02 Å². The molecule has 0 saturated carbocycles. The lowest BCUT2D eigenvalue weighted by Crippen LogP contribution is -2.13. The molecule has 2 aromatic carbocycles. The lowest BCUT2D eigenvalue weighted by molar-refractivity contribution is 0.102. The van der Waals surface area contributed by atoms with Crippen LogP contribution in [0.25, 0.3) is 0 Å². The third kappa shape index (κ3) is 3.93. The average molecular weight is 515 g/mol. The first-order chi connectivity index (χ1) is 8.97. The minimum Gasteiger partial charge on any atom is -0.321 e. The van der Waals surface area contributed by atoms with Crippen LogP contribution in [-0.2, 0) is 0 Å². The SMILES string of the molecule is O=C(Nc1ccc(Br)cc1Cl)c1cc(Br)ccc1I. The number of hydrogen-bond donors (Lipinski definition) is 1. The molecule has 2 rings (SSSR count). The van der Waals surface area contributed by atoms with Gasteiger partial charge in [-0.3, -0.25) is 4.79 Å². The van der Waals surface area contributed by atoms with Crippen molar-refractivity contribution in [2.45, 2.75) is 0 Å². The maximum absolute atomic E-state index is 12.2. The molecule has 1 N–H and O–H groups in total. The fourth-order valence-corrected chi connectivity index (χ4v) is 3.11. The monoisotopic (exact) mass is 513 g/mol. The number of halogens is 4. The number of rotatable bonds is 2. The van der Waals surface area contributed by atoms with Crippen LogP contribution in [0.15, 0.2) is 45.3 Å². The quantitative estimate of drug-likeness (QED) is 0.510. The minimum absolute atomic E-state index is 0.185. The zero-order valence-corrected chi connectivity index (χ0v) is 15.5. The molecule has 0 saturated heterocycles. The Labute approximate surface area is 146 Å². The van der Waals surface area contributed by atoms with Crippen molar-refractivity contribution in [3.63, 3.8) is 0 Å².